The summed E-state index contributed by atoms with van der Waals surface area (Å²) in [4.78, 5) is 34.8. The number of fused-ring (bicyclic) bond motifs is 2. The Balaban J connectivity index is 1.63. The van der Waals surface area contributed by atoms with Crippen molar-refractivity contribution in [1.82, 2.24) is 0 Å². The third-order valence-corrected chi connectivity index (χ3v) is 8.29. The van der Waals surface area contributed by atoms with Gasteiger partial charge in [-0.2, -0.15) is 27.1 Å². The number of azo groups is 1. The second-order valence-corrected chi connectivity index (χ2v) is 12.4. The summed E-state index contributed by atoms with van der Waals surface area (Å²) in [5.41, 5.74) is 7.09. The fraction of sp³-hybridized carbons (Fsp3) is 0. The number of nitrogens with two attached hydrogens (primary N) is 1. The fourth-order valence-corrected chi connectivity index (χ4v) is 5.61. The number of Topliss-reactive ketones (excluding diaryl/α,β-unsaturated/α-hetero) is 1. The number of nitrogens with one attached hydrogen (secondary N) is 1. The van der Waals surface area contributed by atoms with E-state index in [1.165, 1.54) is 36.4 Å². The van der Waals surface area contributed by atoms with Crippen LogP contribution in [0.3, 0.4) is 0 Å². The van der Waals surface area contributed by atoms with Crippen molar-refractivity contribution >= 4 is 83.3 Å². The van der Waals surface area contributed by atoms with Crippen LogP contribution in [-0.2, 0) is 20.2 Å². The van der Waals surface area contributed by atoms with Crippen molar-refractivity contribution in [3.63, 3.8) is 0 Å². The third-order valence-electron chi connectivity index (χ3n) is 6.57. The molecule has 0 heterocycles. The normalized spacial score (nSPS) is 14.3. The molecule has 0 bridgehead atoms. The Bertz CT molecular complexity index is 2300. The minimum absolute atomic E-state index is 0.000232. The van der Waals surface area contributed by atoms with Crippen LogP contribution in [0.5, 0.6) is 0 Å². The summed E-state index contributed by atoms with van der Waals surface area (Å²) in [6.45, 7) is 0. The van der Waals surface area contributed by atoms with Crippen LogP contribution in [0.2, 0.25) is 0 Å². The van der Waals surface area contributed by atoms with Gasteiger partial charge in [0.15, 0.2) is 5.71 Å². The van der Waals surface area contributed by atoms with Gasteiger partial charge in [0, 0.05) is 22.0 Å². The zero-order valence-electron chi connectivity index (χ0n) is 22.8. The first kappa shape index (κ1) is 31.6. The predicted molar refractivity (Wildman–Crippen MR) is 164 cm³/mol. The van der Waals surface area contributed by atoms with Crippen molar-refractivity contribution in [2.45, 2.75) is 4.90 Å². The third kappa shape index (κ3) is 6.35. The van der Waals surface area contributed by atoms with Crippen LogP contribution in [0.4, 0.5) is 22.7 Å². The number of nitrogens with zero attached hydrogens (tertiary/aromatic N) is 3. The molecule has 0 spiro atoms. The van der Waals surface area contributed by atoms with Crippen molar-refractivity contribution in [2.75, 3.05) is 11.2 Å². The molecule has 46 heavy (non-hydrogen) atoms. The van der Waals surface area contributed by atoms with Gasteiger partial charge >= 0.3 is 11.9 Å². The number of carboxylic acids is 2. The largest absolute Gasteiger partial charge is 0.478 e. The maximum Gasteiger partial charge on any atom is 0.335 e. The minimum Gasteiger partial charge on any atom is -0.478 e. The molecule has 4 aromatic carbocycles. The summed E-state index contributed by atoms with van der Waals surface area (Å²) in [6, 6.07) is 13.2. The highest BCUT2D eigenvalue weighted by Gasteiger charge is 2.33. The minimum atomic E-state index is -4.97. The second-order valence-electron chi connectivity index (χ2n) is 9.63. The van der Waals surface area contributed by atoms with Crippen LogP contribution in [-0.4, -0.2) is 59.6 Å². The Morgan fingerprint density at radius 1 is 0.761 bits per heavy atom. The Labute approximate surface area is 258 Å². The molecule has 7 N–H and O–H groups in total. The van der Waals surface area contributed by atoms with Crippen molar-refractivity contribution < 1.29 is 50.5 Å². The maximum atomic E-state index is 13.2. The molecule has 0 unspecified atom stereocenters. The zero-order chi connectivity index (χ0) is 33.6. The molecule has 16 nitrogen and oxygen atoms in total. The molecule has 0 atom stereocenters. The van der Waals surface area contributed by atoms with E-state index in [0.717, 1.165) is 36.4 Å². The first-order valence-corrected chi connectivity index (χ1v) is 15.5. The first-order chi connectivity index (χ1) is 21.5. The first-order valence-electron chi connectivity index (χ1n) is 12.6. The van der Waals surface area contributed by atoms with Crippen LogP contribution in [0, 0.1) is 0 Å². The summed E-state index contributed by atoms with van der Waals surface area (Å²) < 4.78 is 67.6. The number of nitrogen functional groups attached to an aromatic ring is 1. The summed E-state index contributed by atoms with van der Waals surface area (Å²) in [7, 11) is -9.70. The molecular formula is C28H19N5O11S2. The zero-order valence-corrected chi connectivity index (χ0v) is 24.4. The number of carbonyl (C=O) groups excluding carboxylic acids is 1. The summed E-state index contributed by atoms with van der Waals surface area (Å²) in [5.74, 6) is -3.71. The number of rotatable bonds is 8. The summed E-state index contributed by atoms with van der Waals surface area (Å²) >= 11 is 0. The van der Waals surface area contributed by atoms with E-state index in [9.17, 15) is 50.5 Å². The molecule has 4 aromatic rings. The number of hydrogen-bond donors (Lipinski definition) is 6. The molecule has 0 aliphatic heterocycles. The van der Waals surface area contributed by atoms with E-state index in [4.69, 9.17) is 5.73 Å². The van der Waals surface area contributed by atoms with Gasteiger partial charge in [0.2, 0.25) is 5.78 Å². The summed E-state index contributed by atoms with van der Waals surface area (Å²) in [5, 5.41) is 30.7. The predicted octanol–water partition coefficient (Wildman–Crippen LogP) is 4.37. The van der Waals surface area contributed by atoms with E-state index in [-0.39, 0.29) is 55.8 Å². The Morgan fingerprint density at radius 2 is 1.43 bits per heavy atom. The van der Waals surface area contributed by atoms with E-state index >= 15 is 0 Å². The Morgan fingerprint density at radius 3 is 2.04 bits per heavy atom. The van der Waals surface area contributed by atoms with Crippen molar-refractivity contribution in [2.24, 2.45) is 15.3 Å². The lowest BCUT2D eigenvalue weighted by Gasteiger charge is -2.17. The number of aromatic carboxylic acids is 2. The van der Waals surface area contributed by atoms with Crippen molar-refractivity contribution in [3.05, 3.63) is 93.9 Å². The van der Waals surface area contributed by atoms with E-state index in [1.807, 2.05) is 0 Å². The summed E-state index contributed by atoms with van der Waals surface area (Å²) in [6.07, 6.45) is 1.03. The van der Waals surface area contributed by atoms with E-state index < -0.39 is 53.5 Å². The number of hydrogen-bond acceptors (Lipinski definition) is 12. The van der Waals surface area contributed by atoms with Crippen molar-refractivity contribution in [1.29, 1.82) is 0 Å². The highest BCUT2D eigenvalue weighted by atomic mass is 32.2. The highest BCUT2D eigenvalue weighted by molar-refractivity contribution is 7.91. The van der Waals surface area contributed by atoms with Crippen LogP contribution < -0.4 is 11.2 Å². The van der Waals surface area contributed by atoms with Crippen LogP contribution in [0.15, 0.2) is 91.9 Å². The lowest BCUT2D eigenvalue weighted by Crippen LogP contribution is -2.27. The van der Waals surface area contributed by atoms with Gasteiger partial charge in [-0.3, -0.25) is 19.3 Å². The molecule has 0 amide bonds. The van der Waals surface area contributed by atoms with Gasteiger partial charge in [0.1, 0.15) is 4.91 Å². The van der Waals surface area contributed by atoms with Crippen LogP contribution >= 0.6 is 0 Å². The topological polar surface area (TPSA) is 276 Å². The molecule has 0 radical (unpaired) electrons. The Kier molecular flexibility index (Phi) is 7.97. The molecule has 18 heteroatoms. The molecule has 1 aliphatic carbocycles. The molecule has 0 saturated heterocycles. The Hall–Kier alpha value is -5.82. The number of carbonyl (C=O) groups is 3. The number of carboxylic acid groups (broad SMARTS) is 2. The lowest BCUT2D eigenvalue weighted by atomic mass is 9.94. The van der Waals surface area contributed by atoms with Gasteiger partial charge in [-0.25, -0.2) is 9.59 Å². The van der Waals surface area contributed by atoms with E-state index in [2.05, 4.69) is 20.8 Å². The van der Waals surface area contributed by atoms with Gasteiger partial charge < -0.3 is 15.9 Å². The number of hydrazone groups is 1. The van der Waals surface area contributed by atoms with Gasteiger partial charge in [0.25, 0.3) is 20.2 Å². The monoisotopic (exact) mass is 665 g/mol. The number of anilines is 2. The standard InChI is InChI=1S/C28H19N5O11S2/c29-16-2-1-13-10-24(46(42,43)44)25(26(34)20(13)11-16)33-32-23-6-5-22(19-4-3-18(12-21(19)23)45(39,40)41)31-30-17-8-14(27(35)36)7-15(9-17)28(37)38/h1-12,32H,29H2,(H,35,36)(H,37,38)(H,39,40,41)(H,42,43,44)/b31-30?,33-25-. The maximum absolute atomic E-state index is 13.2. The van der Waals surface area contributed by atoms with Gasteiger partial charge in [-0.15, -0.1) is 5.11 Å². The molecular weight excluding hydrogens is 646 g/mol. The fourth-order valence-electron chi connectivity index (χ4n) is 4.45. The van der Waals surface area contributed by atoms with Gasteiger partial charge in [-0.1, -0.05) is 12.1 Å². The SMILES string of the molecule is Nc1ccc2c(c1)C(=O)/C(=N\Nc1ccc(N=Nc3cc(C(=O)O)cc(C(=O)O)c3)c3ccc(S(=O)(=O)O)cc13)C(S(=O)(=O)O)=C2. The highest BCUT2D eigenvalue weighted by Crippen LogP contribution is 2.35. The van der Waals surface area contributed by atoms with E-state index in [1.54, 1.807) is 0 Å². The van der Waals surface area contributed by atoms with Crippen LogP contribution in [0.25, 0.3) is 16.8 Å². The number of benzene rings is 4. The number of ketones is 1. The number of allylic oxidation sites excluding steroid dienone is 1. The van der Waals surface area contributed by atoms with Gasteiger partial charge in [-0.05, 0) is 66.2 Å². The van der Waals surface area contributed by atoms with Crippen molar-refractivity contribution in [3.8, 4) is 0 Å². The van der Waals surface area contributed by atoms with Gasteiger partial charge in [0.05, 0.1) is 33.1 Å². The molecule has 234 valence electrons. The molecule has 5 rings (SSSR count). The van der Waals surface area contributed by atoms with Crippen LogP contribution in [0.1, 0.15) is 36.6 Å². The quantitative estimate of drug-likeness (QED) is 0.0661. The molecule has 0 fully saturated rings. The lowest BCUT2D eigenvalue weighted by molar-refractivity contribution is 0.0696. The smallest absolute Gasteiger partial charge is 0.335 e. The molecule has 0 saturated carbocycles. The second kappa shape index (κ2) is 11.6. The average molecular weight is 666 g/mol. The van der Waals surface area contributed by atoms with E-state index in [0.29, 0.717) is 0 Å². The molecule has 1 aliphatic rings. The average Bonchev–Trinajstić information content (AvgIpc) is 2.98. The molecule has 0 aromatic heterocycles.